The van der Waals surface area contributed by atoms with Gasteiger partial charge in [0.1, 0.15) is 0 Å². The third kappa shape index (κ3) is 4.70. The number of rotatable bonds is 5. The van der Waals surface area contributed by atoms with Crippen molar-refractivity contribution in [3.63, 3.8) is 0 Å². The smallest absolute Gasteiger partial charge is 0.175 e. The van der Waals surface area contributed by atoms with Crippen LogP contribution in [-0.2, 0) is 16.4 Å². The largest absolute Gasteiger partial charge is 0.312 e. The number of halogens is 1. The van der Waals surface area contributed by atoms with Gasteiger partial charge in [0, 0.05) is 23.4 Å². The molecule has 2 rings (SSSR count). The zero-order chi connectivity index (χ0) is 15.5. The van der Waals surface area contributed by atoms with Crippen molar-refractivity contribution in [2.24, 2.45) is 11.8 Å². The van der Waals surface area contributed by atoms with Gasteiger partial charge in [0.2, 0.25) is 0 Å². The summed E-state index contributed by atoms with van der Waals surface area (Å²) in [5.41, 5.74) is 0.686. The zero-order valence-electron chi connectivity index (χ0n) is 12.7. The van der Waals surface area contributed by atoms with Crippen LogP contribution in [0.15, 0.2) is 23.1 Å². The van der Waals surface area contributed by atoms with Gasteiger partial charge in [0.25, 0.3) is 0 Å². The molecule has 0 radical (unpaired) electrons. The number of hydrogen-bond acceptors (Lipinski definition) is 3. The summed E-state index contributed by atoms with van der Waals surface area (Å²) >= 11 is 6.17. The SMILES string of the molecule is CC1CCC(CNCc2c(Cl)cccc2S(C)(=O)=O)CC1. The Morgan fingerprint density at radius 3 is 2.52 bits per heavy atom. The first-order chi connectivity index (χ1) is 9.88. The quantitative estimate of drug-likeness (QED) is 0.896. The molecule has 5 heteroatoms. The highest BCUT2D eigenvalue weighted by Gasteiger charge is 2.19. The Bertz CT molecular complexity index is 578. The van der Waals surface area contributed by atoms with Crippen molar-refractivity contribution < 1.29 is 8.42 Å². The second-order valence-corrected chi connectivity index (χ2v) is 8.64. The lowest BCUT2D eigenvalue weighted by atomic mass is 9.83. The van der Waals surface area contributed by atoms with Crippen LogP contribution in [0.1, 0.15) is 38.2 Å². The Morgan fingerprint density at radius 1 is 1.24 bits per heavy atom. The molecule has 3 nitrogen and oxygen atoms in total. The van der Waals surface area contributed by atoms with E-state index in [2.05, 4.69) is 12.2 Å². The monoisotopic (exact) mass is 329 g/mol. The number of nitrogens with one attached hydrogen (secondary N) is 1. The summed E-state index contributed by atoms with van der Waals surface area (Å²) in [6.45, 7) is 3.75. The molecule has 0 atom stereocenters. The fourth-order valence-electron chi connectivity index (χ4n) is 2.99. The van der Waals surface area contributed by atoms with Crippen LogP contribution in [0.5, 0.6) is 0 Å². The van der Waals surface area contributed by atoms with E-state index < -0.39 is 9.84 Å². The average Bonchev–Trinajstić information content (AvgIpc) is 2.41. The number of hydrogen-bond donors (Lipinski definition) is 1. The van der Waals surface area contributed by atoms with Crippen LogP contribution in [-0.4, -0.2) is 21.2 Å². The maximum absolute atomic E-state index is 11.8. The Hall–Kier alpha value is -0.580. The highest BCUT2D eigenvalue weighted by atomic mass is 35.5. The van der Waals surface area contributed by atoms with E-state index in [1.165, 1.54) is 31.9 Å². The molecule has 0 heterocycles. The minimum atomic E-state index is -3.24. The van der Waals surface area contributed by atoms with Crippen molar-refractivity contribution in [1.29, 1.82) is 0 Å². The molecular weight excluding hydrogens is 306 g/mol. The van der Waals surface area contributed by atoms with E-state index >= 15 is 0 Å². The van der Waals surface area contributed by atoms with Crippen LogP contribution in [0.2, 0.25) is 5.02 Å². The zero-order valence-corrected chi connectivity index (χ0v) is 14.3. The summed E-state index contributed by atoms with van der Waals surface area (Å²) in [6.07, 6.45) is 6.34. The lowest BCUT2D eigenvalue weighted by Gasteiger charge is -2.26. The van der Waals surface area contributed by atoms with E-state index in [-0.39, 0.29) is 0 Å². The molecule has 118 valence electrons. The van der Waals surface area contributed by atoms with Crippen LogP contribution in [0.4, 0.5) is 0 Å². The van der Waals surface area contributed by atoms with E-state index in [0.29, 0.717) is 27.9 Å². The van der Waals surface area contributed by atoms with Gasteiger partial charge in [-0.1, -0.05) is 37.4 Å². The van der Waals surface area contributed by atoms with Gasteiger partial charge in [-0.05, 0) is 43.4 Å². The molecule has 0 amide bonds. The molecule has 1 aliphatic rings. The maximum atomic E-state index is 11.8. The van der Waals surface area contributed by atoms with E-state index in [1.54, 1.807) is 18.2 Å². The van der Waals surface area contributed by atoms with Gasteiger partial charge in [-0.3, -0.25) is 0 Å². The van der Waals surface area contributed by atoms with Crippen LogP contribution >= 0.6 is 11.6 Å². The van der Waals surface area contributed by atoms with Crippen LogP contribution < -0.4 is 5.32 Å². The van der Waals surface area contributed by atoms with E-state index in [4.69, 9.17) is 11.6 Å². The summed E-state index contributed by atoms with van der Waals surface area (Å²) < 4.78 is 23.6. The molecule has 0 unspecified atom stereocenters. The summed E-state index contributed by atoms with van der Waals surface area (Å²) in [5.74, 6) is 1.55. The predicted octanol–water partition coefficient (Wildman–Crippen LogP) is 3.66. The van der Waals surface area contributed by atoms with Gasteiger partial charge in [-0.2, -0.15) is 0 Å². The molecule has 1 aromatic carbocycles. The lowest BCUT2D eigenvalue weighted by molar-refractivity contribution is 0.281. The van der Waals surface area contributed by atoms with Crippen molar-refractivity contribution in [3.05, 3.63) is 28.8 Å². The van der Waals surface area contributed by atoms with Crippen molar-refractivity contribution in [2.45, 2.75) is 44.0 Å². The molecule has 0 aliphatic heterocycles. The molecule has 0 bridgehead atoms. The summed E-state index contributed by atoms with van der Waals surface area (Å²) in [6, 6.07) is 5.06. The number of benzene rings is 1. The normalized spacial score (nSPS) is 23.2. The Balaban J connectivity index is 1.97. The highest BCUT2D eigenvalue weighted by molar-refractivity contribution is 7.90. The molecule has 0 saturated heterocycles. The molecular formula is C16H24ClNO2S. The van der Waals surface area contributed by atoms with Gasteiger partial charge in [-0.25, -0.2) is 8.42 Å². The minimum Gasteiger partial charge on any atom is -0.312 e. The summed E-state index contributed by atoms with van der Waals surface area (Å²) in [5, 5.41) is 3.91. The predicted molar refractivity (Wildman–Crippen MR) is 87.4 cm³/mol. The fraction of sp³-hybridized carbons (Fsp3) is 0.625. The first-order valence-electron chi connectivity index (χ1n) is 7.56. The van der Waals surface area contributed by atoms with Crippen molar-refractivity contribution in [3.8, 4) is 0 Å². The van der Waals surface area contributed by atoms with Crippen molar-refractivity contribution >= 4 is 21.4 Å². The molecule has 0 aromatic heterocycles. The highest BCUT2D eigenvalue weighted by Crippen LogP contribution is 2.28. The van der Waals surface area contributed by atoms with Crippen molar-refractivity contribution in [2.75, 3.05) is 12.8 Å². The van der Waals surface area contributed by atoms with Crippen LogP contribution in [0.3, 0.4) is 0 Å². The van der Waals surface area contributed by atoms with Gasteiger partial charge in [0.15, 0.2) is 9.84 Å². The fourth-order valence-corrected chi connectivity index (χ4v) is 4.25. The summed E-state index contributed by atoms with van der Waals surface area (Å²) in [4.78, 5) is 0.333. The maximum Gasteiger partial charge on any atom is 0.175 e. The Morgan fingerprint density at radius 2 is 1.90 bits per heavy atom. The average molecular weight is 330 g/mol. The molecule has 1 fully saturated rings. The molecule has 1 N–H and O–H groups in total. The molecule has 1 saturated carbocycles. The van der Waals surface area contributed by atoms with E-state index in [1.807, 2.05) is 0 Å². The van der Waals surface area contributed by atoms with Crippen LogP contribution in [0, 0.1) is 11.8 Å². The number of sulfone groups is 1. The first-order valence-corrected chi connectivity index (χ1v) is 9.83. The second-order valence-electron chi connectivity index (χ2n) is 6.25. The minimum absolute atomic E-state index is 0.333. The Labute approximate surface area is 133 Å². The second kappa shape index (κ2) is 7.12. The lowest BCUT2D eigenvalue weighted by Crippen LogP contribution is -2.26. The standard InChI is InChI=1S/C16H24ClNO2S/c1-12-6-8-13(9-7-12)10-18-11-14-15(17)4-3-5-16(14)21(2,19)20/h3-5,12-13,18H,6-11H2,1-2H3. The van der Waals surface area contributed by atoms with Crippen molar-refractivity contribution in [1.82, 2.24) is 5.32 Å². The van der Waals surface area contributed by atoms with Gasteiger partial charge >= 0.3 is 0 Å². The van der Waals surface area contributed by atoms with Gasteiger partial charge in [-0.15, -0.1) is 0 Å². The van der Waals surface area contributed by atoms with Gasteiger partial charge in [0.05, 0.1) is 4.90 Å². The third-order valence-corrected chi connectivity index (χ3v) is 5.88. The molecule has 1 aromatic rings. The van der Waals surface area contributed by atoms with E-state index in [0.717, 1.165) is 12.5 Å². The van der Waals surface area contributed by atoms with Gasteiger partial charge < -0.3 is 5.32 Å². The summed E-state index contributed by atoms with van der Waals surface area (Å²) in [7, 11) is -3.24. The molecule has 21 heavy (non-hydrogen) atoms. The topological polar surface area (TPSA) is 46.2 Å². The Kier molecular flexibility index (Phi) is 5.69. The first kappa shape index (κ1) is 16.8. The van der Waals surface area contributed by atoms with Crippen LogP contribution in [0.25, 0.3) is 0 Å². The third-order valence-electron chi connectivity index (χ3n) is 4.35. The molecule has 0 spiro atoms. The van der Waals surface area contributed by atoms with E-state index in [9.17, 15) is 8.42 Å². The molecule has 1 aliphatic carbocycles.